The molecule has 4 heteroatoms. The molecule has 1 atom stereocenters. The van der Waals surface area contributed by atoms with Gasteiger partial charge in [-0.05, 0) is 13.3 Å². The number of carbonyl (C=O) groups is 1. The van der Waals surface area contributed by atoms with Gasteiger partial charge in [0.05, 0.1) is 11.6 Å². The van der Waals surface area contributed by atoms with E-state index in [1.54, 1.807) is 0 Å². The lowest BCUT2D eigenvalue weighted by atomic mass is 9.89. The number of carboxylic acid groups (broad SMARTS) is 1. The van der Waals surface area contributed by atoms with Crippen molar-refractivity contribution in [3.8, 4) is 22.6 Å². The van der Waals surface area contributed by atoms with E-state index in [4.69, 9.17) is 4.98 Å². The first-order valence-electron chi connectivity index (χ1n) is 8.84. The lowest BCUT2D eigenvalue weighted by Crippen LogP contribution is -2.16. The van der Waals surface area contributed by atoms with Crippen molar-refractivity contribution >= 4 is 5.97 Å². The molecule has 26 heavy (non-hydrogen) atoms. The van der Waals surface area contributed by atoms with Crippen molar-refractivity contribution in [3.63, 3.8) is 0 Å². The molecule has 2 aromatic carbocycles. The molecule has 0 fully saturated rings. The minimum absolute atomic E-state index is 0.560. The van der Waals surface area contributed by atoms with Crippen LogP contribution in [0.25, 0.3) is 22.6 Å². The molecule has 0 aliphatic carbocycles. The fourth-order valence-corrected chi connectivity index (χ4v) is 3.21. The molecule has 1 N–H and O–H groups in total. The van der Waals surface area contributed by atoms with E-state index in [0.717, 1.165) is 23.2 Å². The van der Waals surface area contributed by atoms with Crippen molar-refractivity contribution in [1.29, 1.82) is 0 Å². The van der Waals surface area contributed by atoms with Crippen LogP contribution in [0.4, 0.5) is 0 Å². The average Bonchev–Trinajstić information content (AvgIpc) is 2.67. The number of nitrogens with zero attached hydrogens (tertiary/aromatic N) is 2. The lowest BCUT2D eigenvalue weighted by molar-refractivity contribution is -0.139. The Balaban J connectivity index is 2.25. The van der Waals surface area contributed by atoms with Crippen molar-refractivity contribution in [1.82, 2.24) is 9.97 Å². The summed E-state index contributed by atoms with van der Waals surface area (Å²) in [6.45, 7) is 3.87. The summed E-state index contributed by atoms with van der Waals surface area (Å²) in [4.78, 5) is 21.4. The summed E-state index contributed by atoms with van der Waals surface area (Å²) >= 11 is 0. The van der Waals surface area contributed by atoms with E-state index in [2.05, 4.69) is 4.98 Å². The van der Waals surface area contributed by atoms with E-state index in [-0.39, 0.29) is 0 Å². The molecule has 0 aliphatic heterocycles. The van der Waals surface area contributed by atoms with Gasteiger partial charge in [0.1, 0.15) is 0 Å². The number of aliphatic carboxylic acids is 1. The van der Waals surface area contributed by atoms with Crippen LogP contribution in [-0.4, -0.2) is 21.0 Å². The van der Waals surface area contributed by atoms with E-state index in [0.29, 0.717) is 23.5 Å². The molecule has 0 saturated heterocycles. The summed E-state index contributed by atoms with van der Waals surface area (Å²) in [5.74, 6) is -0.824. The minimum atomic E-state index is -0.830. The number of carboxylic acids is 1. The van der Waals surface area contributed by atoms with Gasteiger partial charge in [-0.25, -0.2) is 9.97 Å². The molecule has 3 aromatic rings. The highest BCUT2D eigenvalue weighted by Crippen LogP contribution is 2.34. The summed E-state index contributed by atoms with van der Waals surface area (Å²) in [7, 11) is 0. The first kappa shape index (κ1) is 17.8. The molecule has 0 amide bonds. The molecule has 0 bridgehead atoms. The van der Waals surface area contributed by atoms with Crippen LogP contribution >= 0.6 is 0 Å². The Morgan fingerprint density at radius 3 is 2.08 bits per heavy atom. The second-order valence-corrected chi connectivity index (χ2v) is 6.31. The monoisotopic (exact) mass is 346 g/mol. The van der Waals surface area contributed by atoms with Gasteiger partial charge in [0.15, 0.2) is 5.82 Å². The molecule has 1 unspecified atom stereocenters. The summed E-state index contributed by atoms with van der Waals surface area (Å²) in [5, 5.41) is 9.78. The SMILES string of the molecule is CCCC(C(=O)O)c1c(C)nc(-c2ccccc2)nc1-c1ccccc1. The van der Waals surface area contributed by atoms with E-state index < -0.39 is 11.9 Å². The molecular weight excluding hydrogens is 324 g/mol. The zero-order chi connectivity index (χ0) is 18.5. The molecule has 132 valence electrons. The summed E-state index contributed by atoms with van der Waals surface area (Å²) in [6, 6.07) is 19.5. The molecule has 0 aliphatic rings. The maximum atomic E-state index is 11.9. The molecule has 0 radical (unpaired) electrons. The molecule has 0 spiro atoms. The summed E-state index contributed by atoms with van der Waals surface area (Å²) in [5.41, 5.74) is 3.97. The van der Waals surface area contributed by atoms with E-state index in [1.165, 1.54) is 0 Å². The van der Waals surface area contributed by atoms with Gasteiger partial charge >= 0.3 is 5.97 Å². The van der Waals surface area contributed by atoms with Gasteiger partial charge in [-0.2, -0.15) is 0 Å². The van der Waals surface area contributed by atoms with Gasteiger partial charge in [-0.15, -0.1) is 0 Å². The quantitative estimate of drug-likeness (QED) is 0.675. The van der Waals surface area contributed by atoms with Gasteiger partial charge in [0.2, 0.25) is 0 Å². The zero-order valence-corrected chi connectivity index (χ0v) is 15.0. The van der Waals surface area contributed by atoms with Crippen LogP contribution < -0.4 is 0 Å². The number of aryl methyl sites for hydroxylation is 1. The highest BCUT2D eigenvalue weighted by Gasteiger charge is 2.27. The third-order valence-electron chi connectivity index (χ3n) is 4.44. The van der Waals surface area contributed by atoms with E-state index >= 15 is 0 Å². The van der Waals surface area contributed by atoms with Crippen LogP contribution in [0.15, 0.2) is 60.7 Å². The van der Waals surface area contributed by atoms with Crippen molar-refractivity contribution < 1.29 is 9.90 Å². The number of rotatable bonds is 6. The van der Waals surface area contributed by atoms with E-state index in [9.17, 15) is 9.90 Å². The third kappa shape index (κ3) is 3.64. The molecule has 4 nitrogen and oxygen atoms in total. The fourth-order valence-electron chi connectivity index (χ4n) is 3.21. The normalized spacial score (nSPS) is 11.9. The first-order valence-corrected chi connectivity index (χ1v) is 8.84. The summed E-state index contributed by atoms with van der Waals surface area (Å²) < 4.78 is 0. The zero-order valence-electron chi connectivity index (χ0n) is 15.0. The summed E-state index contributed by atoms with van der Waals surface area (Å²) in [6.07, 6.45) is 1.34. The smallest absolute Gasteiger partial charge is 0.311 e. The highest BCUT2D eigenvalue weighted by molar-refractivity contribution is 5.81. The number of hydrogen-bond acceptors (Lipinski definition) is 3. The number of aromatic nitrogens is 2. The molecule has 3 rings (SSSR count). The Hall–Kier alpha value is -3.01. The van der Waals surface area contributed by atoms with Gasteiger partial charge in [-0.1, -0.05) is 74.0 Å². The van der Waals surface area contributed by atoms with Crippen LogP contribution in [-0.2, 0) is 4.79 Å². The van der Waals surface area contributed by atoms with Gasteiger partial charge < -0.3 is 5.11 Å². The van der Waals surface area contributed by atoms with Crippen LogP contribution in [0.1, 0.15) is 36.9 Å². The third-order valence-corrected chi connectivity index (χ3v) is 4.44. The minimum Gasteiger partial charge on any atom is -0.481 e. The largest absolute Gasteiger partial charge is 0.481 e. The van der Waals surface area contributed by atoms with E-state index in [1.807, 2.05) is 74.5 Å². The molecular formula is C22H22N2O2. The van der Waals surface area contributed by atoms with Crippen molar-refractivity contribution in [2.75, 3.05) is 0 Å². The number of benzene rings is 2. The van der Waals surface area contributed by atoms with Gasteiger partial charge in [-0.3, -0.25) is 4.79 Å². The van der Waals surface area contributed by atoms with Crippen LogP contribution in [0.5, 0.6) is 0 Å². The Kier molecular flexibility index (Phi) is 5.42. The van der Waals surface area contributed by atoms with Crippen molar-refractivity contribution in [3.05, 3.63) is 71.9 Å². The highest BCUT2D eigenvalue weighted by atomic mass is 16.4. The Morgan fingerprint density at radius 2 is 1.54 bits per heavy atom. The maximum Gasteiger partial charge on any atom is 0.311 e. The topological polar surface area (TPSA) is 63.1 Å². The van der Waals surface area contributed by atoms with Gasteiger partial charge in [0, 0.05) is 22.4 Å². The molecule has 1 heterocycles. The Bertz CT molecular complexity index is 893. The number of hydrogen-bond donors (Lipinski definition) is 1. The van der Waals surface area contributed by atoms with Crippen LogP contribution in [0.3, 0.4) is 0 Å². The predicted octanol–water partition coefficient (Wildman–Crippen LogP) is 5.09. The Labute approximate surface area is 153 Å². The standard InChI is InChI=1S/C22H22N2O2/c1-3-10-18(22(25)26)19-15(2)23-21(17-13-8-5-9-14-17)24-20(19)16-11-6-4-7-12-16/h4-9,11-14,18H,3,10H2,1-2H3,(H,25,26). The van der Waals surface area contributed by atoms with Crippen molar-refractivity contribution in [2.45, 2.75) is 32.6 Å². The van der Waals surface area contributed by atoms with Crippen LogP contribution in [0, 0.1) is 6.92 Å². The molecule has 0 saturated carbocycles. The average molecular weight is 346 g/mol. The van der Waals surface area contributed by atoms with Crippen molar-refractivity contribution in [2.24, 2.45) is 0 Å². The van der Waals surface area contributed by atoms with Crippen LogP contribution in [0.2, 0.25) is 0 Å². The maximum absolute atomic E-state index is 11.9. The fraction of sp³-hybridized carbons (Fsp3) is 0.227. The first-order chi connectivity index (χ1) is 12.6. The second kappa shape index (κ2) is 7.91. The lowest BCUT2D eigenvalue weighted by Gasteiger charge is -2.19. The molecule has 1 aromatic heterocycles. The predicted molar refractivity (Wildman–Crippen MR) is 103 cm³/mol. The second-order valence-electron chi connectivity index (χ2n) is 6.31. The van der Waals surface area contributed by atoms with Gasteiger partial charge in [0.25, 0.3) is 0 Å². The Morgan fingerprint density at radius 1 is 0.962 bits per heavy atom.